The number of methoxy groups -OCH3 is 1. The third kappa shape index (κ3) is 5.08. The van der Waals surface area contributed by atoms with E-state index in [1.807, 2.05) is 37.3 Å². The summed E-state index contributed by atoms with van der Waals surface area (Å²) in [5.41, 5.74) is 4.00. The van der Waals surface area contributed by atoms with Crippen molar-refractivity contribution in [2.24, 2.45) is 0 Å². The standard InChI is InChI=1S/C24H24N4O3S/c1-4-16-6-8-17(9-7-16)19-11-13-23(27-26-19)32-15-22-25-24(28-31-22)18-10-12-20(30-5-2)21(14-18)29-3/h6-14H,4-5,15H2,1-3H3. The van der Waals surface area contributed by atoms with Crippen LogP contribution in [0.25, 0.3) is 22.6 Å². The summed E-state index contributed by atoms with van der Waals surface area (Å²) >= 11 is 1.49. The normalized spacial score (nSPS) is 10.8. The Labute approximate surface area is 191 Å². The number of thioether (sulfide) groups is 1. The highest BCUT2D eigenvalue weighted by molar-refractivity contribution is 7.98. The molecule has 0 fully saturated rings. The topological polar surface area (TPSA) is 83.2 Å². The van der Waals surface area contributed by atoms with Gasteiger partial charge in [0.25, 0.3) is 0 Å². The van der Waals surface area contributed by atoms with Crippen LogP contribution in [-0.4, -0.2) is 34.1 Å². The van der Waals surface area contributed by atoms with Gasteiger partial charge < -0.3 is 14.0 Å². The lowest BCUT2D eigenvalue weighted by Crippen LogP contribution is -1.95. The summed E-state index contributed by atoms with van der Waals surface area (Å²) in [6.07, 6.45) is 1.02. The molecule has 32 heavy (non-hydrogen) atoms. The van der Waals surface area contributed by atoms with Gasteiger partial charge in [-0.3, -0.25) is 0 Å². The molecule has 2 aromatic carbocycles. The van der Waals surface area contributed by atoms with Gasteiger partial charge in [0, 0.05) is 11.1 Å². The molecule has 0 saturated heterocycles. The molecule has 2 aromatic heterocycles. The molecule has 0 aliphatic carbocycles. The van der Waals surface area contributed by atoms with Crippen LogP contribution in [-0.2, 0) is 12.2 Å². The molecule has 7 nitrogen and oxygen atoms in total. The Bertz CT molecular complexity index is 1160. The van der Waals surface area contributed by atoms with Crippen molar-refractivity contribution in [2.45, 2.75) is 31.0 Å². The summed E-state index contributed by atoms with van der Waals surface area (Å²) in [7, 11) is 1.60. The van der Waals surface area contributed by atoms with Crippen molar-refractivity contribution in [1.82, 2.24) is 20.3 Å². The molecule has 0 saturated carbocycles. The van der Waals surface area contributed by atoms with Crippen molar-refractivity contribution in [3.05, 3.63) is 66.1 Å². The fourth-order valence-electron chi connectivity index (χ4n) is 3.11. The van der Waals surface area contributed by atoms with Crippen molar-refractivity contribution in [3.8, 4) is 34.1 Å². The van der Waals surface area contributed by atoms with E-state index in [1.165, 1.54) is 17.3 Å². The van der Waals surface area contributed by atoms with Crippen LogP contribution in [0.4, 0.5) is 0 Å². The molecule has 0 bridgehead atoms. The van der Waals surface area contributed by atoms with E-state index in [0.29, 0.717) is 35.6 Å². The monoisotopic (exact) mass is 448 g/mol. The lowest BCUT2D eigenvalue weighted by atomic mass is 10.1. The van der Waals surface area contributed by atoms with E-state index in [-0.39, 0.29) is 0 Å². The van der Waals surface area contributed by atoms with Gasteiger partial charge in [-0.05, 0) is 49.2 Å². The quantitative estimate of drug-likeness (QED) is 0.312. The molecule has 8 heteroatoms. The Hall–Kier alpha value is -3.39. The predicted octanol–water partition coefficient (Wildman–Crippen LogP) is 5.46. The predicted molar refractivity (Wildman–Crippen MR) is 124 cm³/mol. The van der Waals surface area contributed by atoms with Gasteiger partial charge in [0.15, 0.2) is 11.5 Å². The SMILES string of the molecule is CCOc1ccc(-c2noc(CSc3ccc(-c4ccc(CC)cc4)nn3)n2)cc1OC. The van der Waals surface area contributed by atoms with Crippen LogP contribution in [0, 0.1) is 0 Å². The van der Waals surface area contributed by atoms with E-state index in [1.54, 1.807) is 7.11 Å². The molecule has 4 aromatic rings. The molecule has 0 aliphatic rings. The Morgan fingerprint density at radius 3 is 2.41 bits per heavy atom. The zero-order chi connectivity index (χ0) is 22.3. The molecular weight excluding hydrogens is 424 g/mol. The van der Waals surface area contributed by atoms with Gasteiger partial charge in [0.05, 0.1) is 25.2 Å². The first-order valence-corrected chi connectivity index (χ1v) is 11.4. The lowest BCUT2D eigenvalue weighted by molar-refractivity contribution is 0.311. The smallest absolute Gasteiger partial charge is 0.237 e. The van der Waals surface area contributed by atoms with Crippen molar-refractivity contribution >= 4 is 11.8 Å². The number of aromatic nitrogens is 4. The number of hydrogen-bond acceptors (Lipinski definition) is 8. The van der Waals surface area contributed by atoms with E-state index >= 15 is 0 Å². The molecule has 0 aliphatic heterocycles. The van der Waals surface area contributed by atoms with Crippen LogP contribution in [0.3, 0.4) is 0 Å². The Morgan fingerprint density at radius 2 is 1.72 bits per heavy atom. The molecule has 0 atom stereocenters. The van der Waals surface area contributed by atoms with Crippen LogP contribution in [0.1, 0.15) is 25.3 Å². The molecule has 0 amide bonds. The average Bonchev–Trinajstić information content (AvgIpc) is 3.33. The second-order valence-electron chi connectivity index (χ2n) is 6.91. The second-order valence-corrected chi connectivity index (χ2v) is 7.90. The van der Waals surface area contributed by atoms with Crippen LogP contribution in [0.15, 0.2) is 64.1 Å². The molecule has 0 spiro atoms. The van der Waals surface area contributed by atoms with E-state index in [2.05, 4.69) is 51.5 Å². The molecule has 2 heterocycles. The van der Waals surface area contributed by atoms with E-state index in [0.717, 1.165) is 28.3 Å². The molecular formula is C24H24N4O3S. The average molecular weight is 449 g/mol. The Morgan fingerprint density at radius 1 is 0.906 bits per heavy atom. The first kappa shape index (κ1) is 21.8. The van der Waals surface area contributed by atoms with Gasteiger partial charge in [-0.15, -0.1) is 10.2 Å². The maximum absolute atomic E-state index is 5.55. The maximum Gasteiger partial charge on any atom is 0.237 e. The molecule has 0 N–H and O–H groups in total. The van der Waals surface area contributed by atoms with E-state index in [4.69, 9.17) is 14.0 Å². The highest BCUT2D eigenvalue weighted by atomic mass is 32.2. The van der Waals surface area contributed by atoms with Crippen molar-refractivity contribution < 1.29 is 14.0 Å². The van der Waals surface area contributed by atoms with Crippen LogP contribution >= 0.6 is 11.8 Å². The molecule has 0 radical (unpaired) electrons. The first-order chi connectivity index (χ1) is 15.7. The number of benzene rings is 2. The molecule has 0 unspecified atom stereocenters. The van der Waals surface area contributed by atoms with Gasteiger partial charge in [0.2, 0.25) is 11.7 Å². The summed E-state index contributed by atoms with van der Waals surface area (Å²) in [5, 5.41) is 13.5. The zero-order valence-electron chi connectivity index (χ0n) is 18.2. The molecule has 4 rings (SSSR count). The van der Waals surface area contributed by atoms with Crippen LogP contribution in [0.2, 0.25) is 0 Å². The summed E-state index contributed by atoms with van der Waals surface area (Å²) in [6, 6.07) is 17.9. The van der Waals surface area contributed by atoms with E-state index in [9.17, 15) is 0 Å². The number of rotatable bonds is 9. The highest BCUT2D eigenvalue weighted by Gasteiger charge is 2.13. The zero-order valence-corrected chi connectivity index (χ0v) is 19.1. The Balaban J connectivity index is 1.40. The number of aryl methyl sites for hydroxylation is 1. The minimum atomic E-state index is 0.499. The highest BCUT2D eigenvalue weighted by Crippen LogP contribution is 2.32. The number of ether oxygens (including phenoxy) is 2. The van der Waals surface area contributed by atoms with Crippen LogP contribution in [0.5, 0.6) is 11.5 Å². The van der Waals surface area contributed by atoms with Crippen molar-refractivity contribution in [3.63, 3.8) is 0 Å². The maximum atomic E-state index is 5.55. The third-order valence-electron chi connectivity index (χ3n) is 4.83. The fraction of sp³-hybridized carbons (Fsp3) is 0.250. The second kappa shape index (κ2) is 10.3. The summed E-state index contributed by atoms with van der Waals surface area (Å²) in [5.74, 6) is 2.82. The van der Waals surface area contributed by atoms with Gasteiger partial charge in [-0.25, -0.2) is 0 Å². The fourth-order valence-corrected chi connectivity index (χ4v) is 3.76. The third-order valence-corrected chi connectivity index (χ3v) is 5.74. The lowest BCUT2D eigenvalue weighted by Gasteiger charge is -2.09. The van der Waals surface area contributed by atoms with Gasteiger partial charge in [0.1, 0.15) is 5.03 Å². The molecule has 164 valence electrons. The van der Waals surface area contributed by atoms with Crippen LogP contribution < -0.4 is 9.47 Å². The summed E-state index contributed by atoms with van der Waals surface area (Å²) in [6.45, 7) is 4.63. The minimum Gasteiger partial charge on any atom is -0.493 e. The van der Waals surface area contributed by atoms with E-state index < -0.39 is 0 Å². The summed E-state index contributed by atoms with van der Waals surface area (Å²) < 4.78 is 16.4. The van der Waals surface area contributed by atoms with Gasteiger partial charge >= 0.3 is 0 Å². The number of nitrogens with zero attached hydrogens (tertiary/aromatic N) is 4. The summed E-state index contributed by atoms with van der Waals surface area (Å²) in [4.78, 5) is 4.48. The Kier molecular flexibility index (Phi) is 7.01. The number of hydrogen-bond donors (Lipinski definition) is 0. The largest absolute Gasteiger partial charge is 0.493 e. The van der Waals surface area contributed by atoms with Crippen molar-refractivity contribution in [1.29, 1.82) is 0 Å². The van der Waals surface area contributed by atoms with Gasteiger partial charge in [-0.2, -0.15) is 4.98 Å². The minimum absolute atomic E-state index is 0.499. The first-order valence-electron chi connectivity index (χ1n) is 10.4. The van der Waals surface area contributed by atoms with Crippen molar-refractivity contribution in [2.75, 3.05) is 13.7 Å². The van der Waals surface area contributed by atoms with Gasteiger partial charge in [-0.1, -0.05) is 48.1 Å².